The molecule has 1 aliphatic rings. The zero-order valence-electron chi connectivity index (χ0n) is 22.8. The van der Waals surface area contributed by atoms with Crippen molar-refractivity contribution in [3.63, 3.8) is 0 Å². The lowest BCUT2D eigenvalue weighted by Crippen LogP contribution is -2.50. The van der Waals surface area contributed by atoms with Crippen LogP contribution >= 0.6 is 11.3 Å². The third-order valence-corrected chi connectivity index (χ3v) is 9.53. The number of thiazole rings is 1. The van der Waals surface area contributed by atoms with E-state index in [0.29, 0.717) is 17.2 Å². The van der Waals surface area contributed by atoms with Gasteiger partial charge in [0.25, 0.3) is 5.91 Å². The molecule has 0 bridgehead atoms. The van der Waals surface area contributed by atoms with Gasteiger partial charge in [-0.15, -0.1) is 0 Å². The number of amides is 2. The second-order valence-corrected chi connectivity index (χ2v) is 12.6. The molecule has 0 spiro atoms. The Morgan fingerprint density at radius 1 is 1.03 bits per heavy atom. The first kappa shape index (κ1) is 28.9. The number of piperazine rings is 1. The summed E-state index contributed by atoms with van der Waals surface area (Å²) < 4.78 is 33.9. The van der Waals surface area contributed by atoms with Gasteiger partial charge in [0.1, 0.15) is 0 Å². The number of nitrogens with zero attached hydrogens (tertiary/aromatic N) is 5. The average molecular weight is 574 g/mol. The number of hydrogen-bond acceptors (Lipinski definition) is 8. The molecule has 2 heterocycles. The molecule has 1 aliphatic heterocycles. The Morgan fingerprint density at radius 3 is 2.33 bits per heavy atom. The number of benzene rings is 2. The maximum Gasteiger partial charge on any atom is 0.409 e. The van der Waals surface area contributed by atoms with Crippen LogP contribution in [0.4, 0.5) is 9.93 Å². The van der Waals surface area contributed by atoms with Crippen molar-refractivity contribution in [1.29, 1.82) is 0 Å². The number of para-hydroxylation sites is 1. The molecule has 39 heavy (non-hydrogen) atoms. The molecule has 2 aromatic carbocycles. The molecule has 0 N–H and O–H groups in total. The van der Waals surface area contributed by atoms with Gasteiger partial charge in [0, 0.05) is 38.3 Å². The van der Waals surface area contributed by atoms with E-state index in [9.17, 15) is 18.0 Å². The zero-order chi connectivity index (χ0) is 28.2. The van der Waals surface area contributed by atoms with E-state index in [1.807, 2.05) is 39.2 Å². The van der Waals surface area contributed by atoms with Crippen LogP contribution in [0.2, 0.25) is 0 Å². The fraction of sp³-hybridized carbons (Fsp3) is 0.444. The maximum absolute atomic E-state index is 13.7. The van der Waals surface area contributed by atoms with Crippen molar-refractivity contribution in [3.8, 4) is 0 Å². The van der Waals surface area contributed by atoms with Gasteiger partial charge >= 0.3 is 6.09 Å². The predicted octanol–water partition coefficient (Wildman–Crippen LogP) is 3.67. The second-order valence-electron chi connectivity index (χ2n) is 9.65. The largest absolute Gasteiger partial charge is 0.450 e. The molecule has 1 aromatic heterocycles. The summed E-state index contributed by atoms with van der Waals surface area (Å²) in [6.45, 7) is 6.19. The van der Waals surface area contributed by atoms with E-state index in [1.165, 1.54) is 32.7 Å². The van der Waals surface area contributed by atoms with Gasteiger partial charge in [-0.2, -0.15) is 4.31 Å². The van der Waals surface area contributed by atoms with Crippen molar-refractivity contribution in [2.75, 3.05) is 64.9 Å². The number of carbonyl (C=O) groups excluding carboxylic acids is 2. The van der Waals surface area contributed by atoms with Crippen LogP contribution in [0.1, 0.15) is 29.3 Å². The Balaban J connectivity index is 1.52. The van der Waals surface area contributed by atoms with Gasteiger partial charge in [-0.25, -0.2) is 18.2 Å². The van der Waals surface area contributed by atoms with Gasteiger partial charge in [0.2, 0.25) is 10.0 Å². The van der Waals surface area contributed by atoms with Crippen LogP contribution in [0.5, 0.6) is 0 Å². The van der Waals surface area contributed by atoms with E-state index in [2.05, 4.69) is 4.90 Å². The fourth-order valence-electron chi connectivity index (χ4n) is 4.42. The molecule has 10 nitrogen and oxygen atoms in total. The molecule has 0 radical (unpaired) electrons. The molecular formula is C27H35N5O5S2. The van der Waals surface area contributed by atoms with Crippen molar-refractivity contribution in [2.24, 2.45) is 0 Å². The first-order chi connectivity index (χ1) is 18.6. The Bertz CT molecular complexity index is 1410. The van der Waals surface area contributed by atoms with E-state index in [4.69, 9.17) is 9.72 Å². The van der Waals surface area contributed by atoms with Crippen LogP contribution in [-0.2, 0) is 14.8 Å². The highest BCUT2D eigenvalue weighted by Gasteiger charge is 2.31. The monoisotopic (exact) mass is 573 g/mol. The van der Waals surface area contributed by atoms with Gasteiger partial charge in [-0.3, -0.25) is 9.69 Å². The molecule has 0 saturated carbocycles. The Kier molecular flexibility index (Phi) is 9.21. The minimum absolute atomic E-state index is 0.110. The minimum Gasteiger partial charge on any atom is -0.450 e. The van der Waals surface area contributed by atoms with E-state index < -0.39 is 16.1 Å². The molecule has 4 rings (SSSR count). The summed E-state index contributed by atoms with van der Waals surface area (Å²) >= 11 is 1.47. The van der Waals surface area contributed by atoms with Crippen LogP contribution in [-0.4, -0.2) is 99.5 Å². The highest BCUT2D eigenvalue weighted by Crippen LogP contribution is 2.32. The summed E-state index contributed by atoms with van der Waals surface area (Å²) in [5.74, 6) is -0.225. The number of aromatic nitrogens is 1. The summed E-state index contributed by atoms with van der Waals surface area (Å²) in [5.41, 5.74) is 2.32. The Hall–Kier alpha value is -3.06. The van der Waals surface area contributed by atoms with Crippen LogP contribution < -0.4 is 4.90 Å². The number of fused-ring (bicyclic) bond motifs is 1. The number of hydrogen-bond donors (Lipinski definition) is 0. The standard InChI is InChI=1S/C27H35N5O5S2/c1-5-37-27(34)30-16-18-31(19-17-30)39(35,36)22-12-10-21(11-13-22)25(33)32(15-7-14-29(3)4)26-28-24-20(2)8-6-9-23(24)38-26/h6,8-13H,5,7,14-19H2,1-4H3. The molecular weight excluding hydrogens is 538 g/mol. The highest BCUT2D eigenvalue weighted by molar-refractivity contribution is 7.89. The molecule has 0 atom stereocenters. The summed E-state index contributed by atoms with van der Waals surface area (Å²) in [6, 6.07) is 12.0. The molecule has 1 fully saturated rings. The van der Waals surface area contributed by atoms with Gasteiger partial charge < -0.3 is 14.5 Å². The fourth-order valence-corrected chi connectivity index (χ4v) is 6.91. The zero-order valence-corrected chi connectivity index (χ0v) is 24.4. The third kappa shape index (κ3) is 6.57. The smallest absolute Gasteiger partial charge is 0.409 e. The van der Waals surface area contributed by atoms with Gasteiger partial charge in [-0.05, 0) is 76.8 Å². The molecule has 2 amide bonds. The number of sulfonamides is 1. The third-order valence-electron chi connectivity index (χ3n) is 6.58. The lowest BCUT2D eigenvalue weighted by molar-refractivity contribution is 0.0933. The first-order valence-electron chi connectivity index (χ1n) is 13.0. The van der Waals surface area contributed by atoms with Gasteiger partial charge in [0.05, 0.1) is 21.7 Å². The summed E-state index contributed by atoms with van der Waals surface area (Å²) in [6.07, 6.45) is 0.327. The van der Waals surface area contributed by atoms with E-state index in [-0.39, 0.29) is 43.6 Å². The minimum atomic E-state index is -3.77. The quantitative estimate of drug-likeness (QED) is 0.385. The Labute approximate surface area is 233 Å². The lowest BCUT2D eigenvalue weighted by Gasteiger charge is -2.33. The molecule has 0 unspecified atom stereocenters. The van der Waals surface area contributed by atoms with Crippen LogP contribution in [0, 0.1) is 6.92 Å². The molecule has 12 heteroatoms. The summed E-state index contributed by atoms with van der Waals surface area (Å²) in [5, 5.41) is 0.624. The van der Waals surface area contributed by atoms with Crippen molar-refractivity contribution in [2.45, 2.75) is 25.2 Å². The lowest BCUT2D eigenvalue weighted by atomic mass is 10.2. The van der Waals surface area contributed by atoms with Crippen molar-refractivity contribution < 1.29 is 22.7 Å². The van der Waals surface area contributed by atoms with Crippen LogP contribution in [0.3, 0.4) is 0 Å². The van der Waals surface area contributed by atoms with E-state index in [1.54, 1.807) is 24.0 Å². The molecule has 1 saturated heterocycles. The van der Waals surface area contributed by atoms with Crippen LogP contribution in [0.25, 0.3) is 10.2 Å². The number of aryl methyl sites for hydroxylation is 1. The number of anilines is 1. The van der Waals surface area contributed by atoms with Crippen molar-refractivity contribution >= 4 is 48.7 Å². The van der Waals surface area contributed by atoms with Gasteiger partial charge in [-0.1, -0.05) is 23.5 Å². The first-order valence-corrected chi connectivity index (χ1v) is 15.2. The highest BCUT2D eigenvalue weighted by atomic mass is 32.2. The predicted molar refractivity (Wildman–Crippen MR) is 153 cm³/mol. The second kappa shape index (κ2) is 12.4. The molecule has 0 aliphatic carbocycles. The normalized spacial score (nSPS) is 14.6. The molecule has 210 valence electrons. The SMILES string of the molecule is CCOC(=O)N1CCN(S(=O)(=O)c2ccc(C(=O)N(CCCN(C)C)c3nc4c(C)cccc4s3)cc2)CC1. The van der Waals surface area contributed by atoms with Crippen molar-refractivity contribution in [1.82, 2.24) is 19.1 Å². The topological polar surface area (TPSA) is 103 Å². The average Bonchev–Trinajstić information content (AvgIpc) is 3.36. The summed E-state index contributed by atoms with van der Waals surface area (Å²) in [4.78, 5) is 35.8. The van der Waals surface area contributed by atoms with E-state index in [0.717, 1.165) is 28.7 Å². The van der Waals surface area contributed by atoms with Crippen LogP contribution in [0.15, 0.2) is 47.4 Å². The van der Waals surface area contributed by atoms with Crippen molar-refractivity contribution in [3.05, 3.63) is 53.6 Å². The maximum atomic E-state index is 13.7. The number of rotatable bonds is 9. The number of carbonyl (C=O) groups is 2. The van der Waals surface area contributed by atoms with E-state index >= 15 is 0 Å². The Morgan fingerprint density at radius 2 is 1.72 bits per heavy atom. The number of ether oxygens (including phenoxy) is 1. The molecule has 3 aromatic rings. The summed E-state index contributed by atoms with van der Waals surface area (Å²) in [7, 11) is 0.208. The van der Waals surface area contributed by atoms with Gasteiger partial charge in [0.15, 0.2) is 5.13 Å².